The van der Waals surface area contributed by atoms with E-state index >= 15 is 0 Å². The Morgan fingerprint density at radius 1 is 0.526 bits per heavy atom. The van der Waals surface area contributed by atoms with Gasteiger partial charge in [-0.15, -0.1) is 0 Å². The van der Waals surface area contributed by atoms with Crippen molar-refractivity contribution in [3.63, 3.8) is 0 Å². The molecule has 2 aliphatic heterocycles. The molecule has 0 aliphatic carbocycles. The third-order valence-electron chi connectivity index (χ3n) is 13.9. The topological polar surface area (TPSA) is 42.6 Å². The molecular weight excluding hydrogens is 705 g/mol. The number of fused-ring (bicyclic) bond motifs is 10. The van der Waals surface area contributed by atoms with Crippen LogP contribution >= 0.6 is 0 Å². The molecule has 2 aliphatic rings. The van der Waals surface area contributed by atoms with Gasteiger partial charge in [0.05, 0.1) is 31.5 Å². The summed E-state index contributed by atoms with van der Waals surface area (Å²) in [6.07, 6.45) is 15.9. The molecule has 0 atom stereocenters. The monoisotopic (exact) mass is 760 g/mol. The van der Waals surface area contributed by atoms with Gasteiger partial charge in [-0.1, -0.05) is 12.1 Å². The molecule has 0 amide bonds. The molecule has 6 heterocycles. The Labute approximate surface area is 335 Å². The Balaban J connectivity index is 0.718. The van der Waals surface area contributed by atoms with E-state index in [4.69, 9.17) is 9.47 Å². The summed E-state index contributed by atoms with van der Waals surface area (Å²) in [5.74, 6) is 3.58. The highest BCUT2D eigenvalue weighted by Crippen LogP contribution is 2.37. The smallest absolute Gasteiger partial charge is 0.177 e. The normalized spacial score (nSPS) is 16.6. The fourth-order valence-corrected chi connectivity index (χ4v) is 10.5. The van der Waals surface area contributed by atoms with Crippen molar-refractivity contribution in [2.24, 2.45) is 25.9 Å². The van der Waals surface area contributed by atoms with E-state index in [9.17, 15) is 0 Å². The lowest BCUT2D eigenvalue weighted by molar-refractivity contribution is -0.696. The van der Waals surface area contributed by atoms with E-state index in [0.29, 0.717) is 0 Å². The zero-order valence-electron chi connectivity index (χ0n) is 34.1. The van der Waals surface area contributed by atoms with E-state index in [1.165, 1.54) is 130 Å². The average molecular weight is 761 g/mol. The van der Waals surface area contributed by atoms with Gasteiger partial charge in [-0.05, 0) is 123 Å². The molecule has 0 radical (unpaired) electrons. The number of hydrogen-bond acceptors (Lipinski definition) is 4. The van der Waals surface area contributed by atoms with E-state index in [0.717, 1.165) is 43.0 Å². The first-order chi connectivity index (χ1) is 27.9. The van der Waals surface area contributed by atoms with Crippen LogP contribution in [0.3, 0.4) is 0 Å². The summed E-state index contributed by atoms with van der Waals surface area (Å²) in [4.78, 5) is 5.44. The van der Waals surface area contributed by atoms with Crippen LogP contribution in [0.4, 0.5) is 0 Å². The zero-order valence-corrected chi connectivity index (χ0v) is 34.1. The molecular formula is C49H56N6O2+2. The number of ether oxygens (including phenoxy) is 2. The van der Waals surface area contributed by atoms with Gasteiger partial charge in [-0.2, -0.15) is 0 Å². The maximum Gasteiger partial charge on any atom is 0.177 e. The predicted octanol–water partition coefficient (Wildman–Crippen LogP) is 8.39. The van der Waals surface area contributed by atoms with Crippen LogP contribution in [0, 0.1) is 11.8 Å². The zero-order chi connectivity index (χ0) is 38.6. The molecule has 292 valence electrons. The molecule has 10 rings (SSSR count). The standard InChI is InChI=1S/C49H56N6O2/c1-50-44-12-8-38(56-3)30-40(44)48-42-32-54(26-18-36(42)6-10-46(48)50)21-5-20-52-22-14-34(15-23-52)35-16-24-53(25-17-35)28-29-55-27-19-37-7-11-47-49(43(37)33-55)41-31-39(57-4)9-13-45(41)51(47)2/h6-13,18-19,26-27,30-35H,5,14-17,20-25,28-29H2,1-4H3/q+2. The molecule has 0 spiro atoms. The van der Waals surface area contributed by atoms with Crippen molar-refractivity contribution >= 4 is 65.2 Å². The first-order valence-corrected chi connectivity index (χ1v) is 21.2. The molecule has 8 aromatic rings. The molecule has 0 N–H and O–H groups in total. The van der Waals surface area contributed by atoms with E-state index in [1.807, 2.05) is 0 Å². The van der Waals surface area contributed by atoms with Crippen LogP contribution in [0.2, 0.25) is 0 Å². The van der Waals surface area contributed by atoms with Gasteiger partial charge in [0.25, 0.3) is 0 Å². The fraction of sp³-hybridized carbons (Fsp3) is 0.388. The summed E-state index contributed by atoms with van der Waals surface area (Å²) in [5, 5.41) is 10.4. The molecule has 0 unspecified atom stereocenters. The van der Waals surface area contributed by atoms with Crippen LogP contribution in [0.15, 0.2) is 97.6 Å². The predicted molar refractivity (Wildman–Crippen MR) is 232 cm³/mol. The van der Waals surface area contributed by atoms with E-state index in [2.05, 4.69) is 140 Å². The van der Waals surface area contributed by atoms with Crippen LogP contribution < -0.4 is 18.6 Å². The van der Waals surface area contributed by atoms with E-state index < -0.39 is 0 Å². The number of aromatic nitrogens is 4. The number of benzene rings is 4. The summed E-state index contributed by atoms with van der Waals surface area (Å²) in [6, 6.07) is 26.5. The van der Waals surface area contributed by atoms with Gasteiger partial charge in [0.2, 0.25) is 0 Å². The highest BCUT2D eigenvalue weighted by molar-refractivity contribution is 6.21. The number of hydrogen-bond donors (Lipinski definition) is 0. The second-order valence-corrected chi connectivity index (χ2v) is 16.9. The second-order valence-electron chi connectivity index (χ2n) is 16.9. The van der Waals surface area contributed by atoms with Crippen molar-refractivity contribution in [1.29, 1.82) is 0 Å². The Kier molecular flexibility index (Phi) is 9.50. The Morgan fingerprint density at radius 3 is 1.47 bits per heavy atom. The maximum absolute atomic E-state index is 5.61. The third-order valence-corrected chi connectivity index (χ3v) is 13.9. The molecule has 0 bridgehead atoms. The average Bonchev–Trinajstić information content (AvgIpc) is 3.72. The van der Waals surface area contributed by atoms with Crippen LogP contribution in [-0.4, -0.2) is 72.4 Å². The first-order valence-electron chi connectivity index (χ1n) is 21.2. The molecule has 4 aromatic heterocycles. The van der Waals surface area contributed by atoms with E-state index in [1.54, 1.807) is 14.2 Å². The largest absolute Gasteiger partial charge is 0.497 e. The van der Waals surface area contributed by atoms with Crippen molar-refractivity contribution in [2.75, 3.05) is 53.5 Å². The van der Waals surface area contributed by atoms with Gasteiger partial charge in [0.1, 0.15) is 18.0 Å². The minimum absolute atomic E-state index is 0.882. The van der Waals surface area contributed by atoms with Crippen molar-refractivity contribution in [2.45, 2.75) is 45.2 Å². The molecule has 4 aromatic carbocycles. The number of aryl methyl sites for hydroxylation is 3. The number of piperidine rings is 2. The van der Waals surface area contributed by atoms with Crippen molar-refractivity contribution < 1.29 is 18.6 Å². The van der Waals surface area contributed by atoms with Crippen molar-refractivity contribution in [3.8, 4) is 11.5 Å². The number of rotatable bonds is 10. The minimum Gasteiger partial charge on any atom is -0.497 e. The van der Waals surface area contributed by atoms with Gasteiger partial charge in [0, 0.05) is 82.8 Å². The highest BCUT2D eigenvalue weighted by Gasteiger charge is 2.30. The lowest BCUT2D eigenvalue weighted by atomic mass is 9.79. The summed E-state index contributed by atoms with van der Waals surface area (Å²) >= 11 is 0. The van der Waals surface area contributed by atoms with Crippen molar-refractivity contribution in [1.82, 2.24) is 18.9 Å². The number of methoxy groups -OCH3 is 2. The molecule has 8 nitrogen and oxygen atoms in total. The van der Waals surface area contributed by atoms with Crippen LogP contribution in [0.1, 0.15) is 32.1 Å². The lowest BCUT2D eigenvalue weighted by Gasteiger charge is -2.40. The van der Waals surface area contributed by atoms with Gasteiger partial charge in [-0.25, -0.2) is 9.13 Å². The molecule has 2 fully saturated rings. The summed E-state index contributed by atoms with van der Waals surface area (Å²) in [6.45, 7) is 9.31. The summed E-state index contributed by atoms with van der Waals surface area (Å²) < 4.78 is 20.6. The maximum atomic E-state index is 5.61. The van der Waals surface area contributed by atoms with Gasteiger partial charge >= 0.3 is 0 Å². The highest BCUT2D eigenvalue weighted by atomic mass is 16.5. The van der Waals surface area contributed by atoms with E-state index in [-0.39, 0.29) is 0 Å². The third kappa shape index (κ3) is 6.57. The molecule has 57 heavy (non-hydrogen) atoms. The summed E-state index contributed by atoms with van der Waals surface area (Å²) in [7, 11) is 7.83. The Bertz CT molecular complexity index is 2770. The molecule has 0 saturated carbocycles. The fourth-order valence-electron chi connectivity index (χ4n) is 10.5. The molecule has 2 saturated heterocycles. The van der Waals surface area contributed by atoms with Crippen LogP contribution in [0.5, 0.6) is 11.5 Å². The Morgan fingerprint density at radius 2 is 0.982 bits per heavy atom. The second kappa shape index (κ2) is 15.0. The molecule has 8 heteroatoms. The van der Waals surface area contributed by atoms with Gasteiger partial charge in [-0.3, -0.25) is 4.90 Å². The van der Waals surface area contributed by atoms with Crippen molar-refractivity contribution in [3.05, 3.63) is 97.6 Å². The van der Waals surface area contributed by atoms with Crippen LogP contribution in [0.25, 0.3) is 65.2 Å². The number of pyridine rings is 2. The van der Waals surface area contributed by atoms with Crippen LogP contribution in [-0.2, 0) is 27.2 Å². The summed E-state index contributed by atoms with van der Waals surface area (Å²) in [5.41, 5.74) is 5.01. The minimum atomic E-state index is 0.882. The van der Waals surface area contributed by atoms with Gasteiger partial charge < -0.3 is 23.5 Å². The SMILES string of the molecule is COc1ccc2c(c1)c1c3c[n+](CCCN4CCC(C5CCN(CC[n+]6ccc7ccc8c(c7c6)c6cc(OC)ccc6n8C)CC5)CC4)ccc3ccc1n2C. The first kappa shape index (κ1) is 36.2. The number of likely N-dealkylation sites (tertiary alicyclic amines) is 2. The number of nitrogens with zero attached hydrogens (tertiary/aromatic N) is 6. The quantitative estimate of drug-likeness (QED) is 0.132. The lowest BCUT2D eigenvalue weighted by Crippen LogP contribution is -2.45. The Hall–Kier alpha value is -5.18. The van der Waals surface area contributed by atoms with Gasteiger partial charge in [0.15, 0.2) is 31.3 Å².